The van der Waals surface area contributed by atoms with Gasteiger partial charge in [-0.1, -0.05) is 23.4 Å². The third-order valence-corrected chi connectivity index (χ3v) is 2.44. The molecule has 0 aliphatic carbocycles. The van der Waals surface area contributed by atoms with Gasteiger partial charge in [0.15, 0.2) is 5.82 Å². The molecule has 0 fully saturated rings. The van der Waals surface area contributed by atoms with Gasteiger partial charge < -0.3 is 15.0 Å². The number of aryl methyl sites for hydroxylation is 1. The standard InChI is InChI=1S/C13H17N3O2/c14-9-4-7-13-15-12(16-18-13)8-10-17-11-5-2-1-3-6-11/h1-3,5-6H,4,7-10,14H2. The molecule has 5 nitrogen and oxygen atoms in total. The topological polar surface area (TPSA) is 74.2 Å². The Morgan fingerprint density at radius 1 is 1.17 bits per heavy atom. The van der Waals surface area contributed by atoms with Crippen molar-refractivity contribution in [2.75, 3.05) is 13.2 Å². The second-order valence-corrected chi connectivity index (χ2v) is 3.91. The van der Waals surface area contributed by atoms with Gasteiger partial charge in [0, 0.05) is 12.8 Å². The number of hydrogen-bond acceptors (Lipinski definition) is 5. The van der Waals surface area contributed by atoms with Crippen molar-refractivity contribution in [3.8, 4) is 5.75 Å². The summed E-state index contributed by atoms with van der Waals surface area (Å²) >= 11 is 0. The van der Waals surface area contributed by atoms with Gasteiger partial charge in [-0.2, -0.15) is 4.98 Å². The van der Waals surface area contributed by atoms with Crippen molar-refractivity contribution >= 4 is 0 Å². The fourth-order valence-corrected chi connectivity index (χ4v) is 1.52. The minimum Gasteiger partial charge on any atom is -0.493 e. The Hall–Kier alpha value is -1.88. The zero-order valence-corrected chi connectivity index (χ0v) is 10.2. The molecule has 2 N–H and O–H groups in total. The second kappa shape index (κ2) is 6.76. The Morgan fingerprint density at radius 3 is 2.78 bits per heavy atom. The maximum Gasteiger partial charge on any atom is 0.226 e. The summed E-state index contributed by atoms with van der Waals surface area (Å²) in [6.07, 6.45) is 2.24. The highest BCUT2D eigenvalue weighted by atomic mass is 16.5. The first kappa shape index (κ1) is 12.6. The van der Waals surface area contributed by atoms with Crippen LogP contribution in [0.25, 0.3) is 0 Å². The lowest BCUT2D eigenvalue weighted by molar-refractivity contribution is 0.313. The molecule has 1 aromatic heterocycles. The summed E-state index contributed by atoms with van der Waals surface area (Å²) in [5.41, 5.74) is 5.42. The van der Waals surface area contributed by atoms with E-state index in [1.165, 1.54) is 0 Å². The molecule has 0 atom stereocenters. The van der Waals surface area contributed by atoms with E-state index in [0.29, 0.717) is 31.3 Å². The number of ether oxygens (including phenoxy) is 1. The molecule has 0 amide bonds. The first-order valence-corrected chi connectivity index (χ1v) is 6.08. The van der Waals surface area contributed by atoms with E-state index in [1.54, 1.807) is 0 Å². The van der Waals surface area contributed by atoms with Crippen LogP contribution in [0.15, 0.2) is 34.9 Å². The first-order chi connectivity index (χ1) is 8.88. The number of nitrogens with zero attached hydrogens (tertiary/aromatic N) is 2. The number of rotatable bonds is 7. The van der Waals surface area contributed by atoms with Crippen LogP contribution in [-0.2, 0) is 12.8 Å². The van der Waals surface area contributed by atoms with Crippen molar-refractivity contribution in [1.29, 1.82) is 0 Å². The van der Waals surface area contributed by atoms with Crippen LogP contribution in [0.4, 0.5) is 0 Å². The Labute approximate surface area is 106 Å². The second-order valence-electron chi connectivity index (χ2n) is 3.91. The van der Waals surface area contributed by atoms with E-state index < -0.39 is 0 Å². The van der Waals surface area contributed by atoms with Crippen LogP contribution in [0.1, 0.15) is 18.1 Å². The molecule has 0 radical (unpaired) electrons. The molecular formula is C13H17N3O2. The lowest BCUT2D eigenvalue weighted by Crippen LogP contribution is -2.03. The molecule has 96 valence electrons. The van der Waals surface area contributed by atoms with Crippen LogP contribution in [0, 0.1) is 0 Å². The van der Waals surface area contributed by atoms with Crippen LogP contribution in [0.5, 0.6) is 5.75 Å². The Balaban J connectivity index is 1.75. The van der Waals surface area contributed by atoms with Gasteiger partial charge in [-0.15, -0.1) is 0 Å². The van der Waals surface area contributed by atoms with Crippen LogP contribution < -0.4 is 10.5 Å². The van der Waals surface area contributed by atoms with E-state index >= 15 is 0 Å². The van der Waals surface area contributed by atoms with Crippen molar-refractivity contribution in [2.45, 2.75) is 19.3 Å². The van der Waals surface area contributed by atoms with E-state index in [4.69, 9.17) is 15.0 Å². The molecule has 1 aromatic carbocycles. The van der Waals surface area contributed by atoms with Gasteiger partial charge in [-0.05, 0) is 25.1 Å². The van der Waals surface area contributed by atoms with Gasteiger partial charge in [0.25, 0.3) is 0 Å². The van der Waals surface area contributed by atoms with Crippen LogP contribution in [0.2, 0.25) is 0 Å². The summed E-state index contributed by atoms with van der Waals surface area (Å²) in [6, 6.07) is 9.67. The summed E-state index contributed by atoms with van der Waals surface area (Å²) in [7, 11) is 0. The Kier molecular flexibility index (Phi) is 4.72. The molecule has 0 aliphatic heterocycles. The molecule has 0 saturated carbocycles. The summed E-state index contributed by atoms with van der Waals surface area (Å²) in [5, 5.41) is 3.89. The molecule has 0 aliphatic rings. The van der Waals surface area contributed by atoms with Gasteiger partial charge in [0.1, 0.15) is 5.75 Å². The fourth-order valence-electron chi connectivity index (χ4n) is 1.52. The van der Waals surface area contributed by atoms with Gasteiger partial charge in [-0.3, -0.25) is 0 Å². The molecule has 5 heteroatoms. The Bertz CT molecular complexity index is 456. The zero-order chi connectivity index (χ0) is 12.6. The molecule has 18 heavy (non-hydrogen) atoms. The number of para-hydroxylation sites is 1. The summed E-state index contributed by atoms with van der Waals surface area (Å²) in [4.78, 5) is 4.27. The fraction of sp³-hybridized carbons (Fsp3) is 0.385. The maximum atomic E-state index is 5.56. The van der Waals surface area contributed by atoms with Gasteiger partial charge in [0.05, 0.1) is 6.61 Å². The van der Waals surface area contributed by atoms with Gasteiger partial charge >= 0.3 is 0 Å². The smallest absolute Gasteiger partial charge is 0.226 e. The molecular weight excluding hydrogens is 230 g/mol. The molecule has 2 aromatic rings. The van der Waals surface area contributed by atoms with E-state index in [0.717, 1.165) is 18.6 Å². The third-order valence-electron chi connectivity index (χ3n) is 2.44. The van der Waals surface area contributed by atoms with E-state index in [1.807, 2.05) is 30.3 Å². The molecule has 2 rings (SSSR count). The number of benzene rings is 1. The van der Waals surface area contributed by atoms with Crippen molar-refractivity contribution in [3.63, 3.8) is 0 Å². The first-order valence-electron chi connectivity index (χ1n) is 6.08. The molecule has 0 bridgehead atoms. The zero-order valence-electron chi connectivity index (χ0n) is 10.2. The van der Waals surface area contributed by atoms with Gasteiger partial charge in [0.2, 0.25) is 5.89 Å². The molecule has 0 saturated heterocycles. The third kappa shape index (κ3) is 3.85. The Morgan fingerprint density at radius 2 is 2.00 bits per heavy atom. The van der Waals surface area contributed by atoms with Gasteiger partial charge in [-0.25, -0.2) is 0 Å². The quantitative estimate of drug-likeness (QED) is 0.804. The maximum absolute atomic E-state index is 5.56. The van der Waals surface area contributed by atoms with Crippen molar-refractivity contribution in [1.82, 2.24) is 10.1 Å². The molecule has 1 heterocycles. The van der Waals surface area contributed by atoms with E-state index in [-0.39, 0.29) is 0 Å². The summed E-state index contributed by atoms with van der Waals surface area (Å²) in [5.74, 6) is 2.18. The normalized spacial score (nSPS) is 10.5. The monoisotopic (exact) mass is 247 g/mol. The summed E-state index contributed by atoms with van der Waals surface area (Å²) < 4.78 is 10.7. The summed E-state index contributed by atoms with van der Waals surface area (Å²) in [6.45, 7) is 1.18. The minimum atomic E-state index is 0.542. The highest BCUT2D eigenvalue weighted by Gasteiger charge is 2.05. The molecule has 0 spiro atoms. The van der Waals surface area contributed by atoms with Crippen molar-refractivity contribution < 1.29 is 9.26 Å². The average molecular weight is 247 g/mol. The average Bonchev–Trinajstić information content (AvgIpc) is 2.85. The van der Waals surface area contributed by atoms with Crippen molar-refractivity contribution in [2.24, 2.45) is 5.73 Å². The highest BCUT2D eigenvalue weighted by molar-refractivity contribution is 5.20. The number of nitrogens with two attached hydrogens (primary N) is 1. The molecule has 0 unspecified atom stereocenters. The lowest BCUT2D eigenvalue weighted by Gasteiger charge is -2.02. The number of aromatic nitrogens is 2. The largest absolute Gasteiger partial charge is 0.493 e. The highest BCUT2D eigenvalue weighted by Crippen LogP contribution is 2.09. The van der Waals surface area contributed by atoms with Crippen LogP contribution in [-0.4, -0.2) is 23.3 Å². The SMILES string of the molecule is NCCCc1nc(CCOc2ccccc2)no1. The predicted octanol–water partition coefficient (Wildman–Crippen LogP) is 1.58. The number of hydrogen-bond donors (Lipinski definition) is 1. The van der Waals surface area contributed by atoms with E-state index in [9.17, 15) is 0 Å². The van der Waals surface area contributed by atoms with Crippen LogP contribution in [0.3, 0.4) is 0 Å². The predicted molar refractivity (Wildman–Crippen MR) is 67.3 cm³/mol. The van der Waals surface area contributed by atoms with E-state index in [2.05, 4.69) is 10.1 Å². The van der Waals surface area contributed by atoms with Crippen LogP contribution >= 0.6 is 0 Å². The lowest BCUT2D eigenvalue weighted by atomic mass is 10.3. The van der Waals surface area contributed by atoms with Crippen molar-refractivity contribution in [3.05, 3.63) is 42.0 Å². The minimum absolute atomic E-state index is 0.542.